The third-order valence-corrected chi connectivity index (χ3v) is 5.54. The molecule has 6 heteroatoms. The Balaban J connectivity index is 2.09. The van der Waals surface area contributed by atoms with E-state index >= 15 is 0 Å². The van der Waals surface area contributed by atoms with E-state index in [0.717, 1.165) is 31.4 Å². The highest BCUT2D eigenvalue weighted by molar-refractivity contribution is 7.89. The summed E-state index contributed by atoms with van der Waals surface area (Å²) in [4.78, 5) is 0.275. The second-order valence-electron chi connectivity index (χ2n) is 5.41. The van der Waals surface area contributed by atoms with Crippen molar-refractivity contribution in [3.63, 3.8) is 0 Å². The quantitative estimate of drug-likeness (QED) is 0.887. The van der Waals surface area contributed by atoms with Gasteiger partial charge in [-0.05, 0) is 37.1 Å². The van der Waals surface area contributed by atoms with E-state index in [1.54, 1.807) is 24.3 Å². The van der Waals surface area contributed by atoms with E-state index in [4.69, 9.17) is 0 Å². The molecule has 0 bridgehead atoms. The average molecular weight is 298 g/mol. The van der Waals surface area contributed by atoms with Crippen LogP contribution < -0.4 is 5.32 Å². The van der Waals surface area contributed by atoms with Gasteiger partial charge in [0.2, 0.25) is 10.0 Å². The molecule has 2 unspecified atom stereocenters. The lowest BCUT2D eigenvalue weighted by atomic mass is 9.92. The number of nitrogens with zero attached hydrogens (tertiary/aromatic N) is 1. The van der Waals surface area contributed by atoms with E-state index in [1.165, 1.54) is 18.4 Å². The molecule has 5 nitrogen and oxygen atoms in total. The fourth-order valence-corrected chi connectivity index (χ4v) is 3.33. The van der Waals surface area contributed by atoms with Crippen LogP contribution in [0.4, 0.5) is 5.69 Å². The standard InChI is InChI=1S/C14H22N2O3S/c1-16(2)20(18,19)12-9-7-11(8-10-12)15-13-5-3-4-6-14(13)17/h7-10,13-15,17H,3-6H2,1-2H3. The second kappa shape index (κ2) is 6.11. The Morgan fingerprint density at radius 3 is 2.30 bits per heavy atom. The Bertz CT molecular complexity index is 540. The first-order valence-corrected chi connectivity index (χ1v) is 8.32. The van der Waals surface area contributed by atoms with E-state index < -0.39 is 10.0 Å². The number of aliphatic hydroxyl groups is 1. The van der Waals surface area contributed by atoms with Crippen LogP contribution in [-0.2, 0) is 10.0 Å². The van der Waals surface area contributed by atoms with E-state index in [1.807, 2.05) is 0 Å². The number of sulfonamides is 1. The van der Waals surface area contributed by atoms with Crippen LogP contribution in [0.3, 0.4) is 0 Å². The summed E-state index contributed by atoms with van der Waals surface area (Å²) in [6, 6.07) is 6.73. The minimum Gasteiger partial charge on any atom is -0.391 e. The van der Waals surface area contributed by atoms with Crippen molar-refractivity contribution >= 4 is 15.7 Å². The van der Waals surface area contributed by atoms with Crippen LogP contribution in [0.15, 0.2) is 29.2 Å². The summed E-state index contributed by atoms with van der Waals surface area (Å²) in [5.41, 5.74) is 0.841. The summed E-state index contributed by atoms with van der Waals surface area (Å²) in [6.07, 6.45) is 3.62. The predicted octanol–water partition coefficient (Wildman–Crippen LogP) is 1.65. The SMILES string of the molecule is CN(C)S(=O)(=O)c1ccc(NC2CCCCC2O)cc1. The van der Waals surface area contributed by atoms with Crippen LogP contribution >= 0.6 is 0 Å². The molecule has 20 heavy (non-hydrogen) atoms. The Labute approximate surface area is 120 Å². The molecule has 0 aliphatic heterocycles. The van der Waals surface area contributed by atoms with E-state index in [9.17, 15) is 13.5 Å². The summed E-state index contributed by atoms with van der Waals surface area (Å²) < 4.78 is 25.1. The van der Waals surface area contributed by atoms with Gasteiger partial charge in [-0.2, -0.15) is 0 Å². The lowest BCUT2D eigenvalue weighted by Gasteiger charge is -2.29. The van der Waals surface area contributed by atoms with Gasteiger partial charge < -0.3 is 10.4 Å². The van der Waals surface area contributed by atoms with E-state index in [0.29, 0.717) is 0 Å². The molecule has 1 aromatic carbocycles. The van der Waals surface area contributed by atoms with Crippen LogP contribution in [0.5, 0.6) is 0 Å². The number of benzene rings is 1. The van der Waals surface area contributed by atoms with Crippen LogP contribution in [0.25, 0.3) is 0 Å². The maximum absolute atomic E-state index is 12.0. The molecule has 112 valence electrons. The highest BCUT2D eigenvalue weighted by atomic mass is 32.2. The van der Waals surface area contributed by atoms with Gasteiger partial charge in [0.25, 0.3) is 0 Å². The second-order valence-corrected chi connectivity index (χ2v) is 7.57. The molecule has 0 saturated heterocycles. The van der Waals surface area contributed by atoms with Crippen LogP contribution in [0, 0.1) is 0 Å². The van der Waals surface area contributed by atoms with Gasteiger partial charge >= 0.3 is 0 Å². The zero-order chi connectivity index (χ0) is 14.8. The largest absolute Gasteiger partial charge is 0.391 e. The summed E-state index contributed by atoms with van der Waals surface area (Å²) in [7, 11) is -0.354. The molecule has 0 amide bonds. The Morgan fingerprint density at radius 1 is 1.15 bits per heavy atom. The molecule has 0 spiro atoms. The first kappa shape index (κ1) is 15.3. The molecule has 1 aromatic rings. The monoisotopic (exact) mass is 298 g/mol. The number of anilines is 1. The van der Waals surface area contributed by atoms with Crippen molar-refractivity contribution in [2.24, 2.45) is 0 Å². The summed E-state index contributed by atoms with van der Waals surface area (Å²) in [6.45, 7) is 0. The molecule has 2 rings (SSSR count). The lowest BCUT2D eigenvalue weighted by molar-refractivity contribution is 0.116. The van der Waals surface area contributed by atoms with Gasteiger partial charge in [0.05, 0.1) is 17.0 Å². The molecule has 1 saturated carbocycles. The highest BCUT2D eigenvalue weighted by Crippen LogP contribution is 2.23. The first-order chi connectivity index (χ1) is 9.41. The third kappa shape index (κ3) is 3.31. The van der Waals surface area contributed by atoms with Gasteiger partial charge in [0.15, 0.2) is 0 Å². The molecular weight excluding hydrogens is 276 g/mol. The van der Waals surface area contributed by atoms with Crippen molar-refractivity contribution in [3.8, 4) is 0 Å². The van der Waals surface area contributed by atoms with Crippen molar-refractivity contribution in [2.45, 2.75) is 42.7 Å². The molecule has 0 aromatic heterocycles. The zero-order valence-corrected chi connectivity index (χ0v) is 12.7. The average Bonchev–Trinajstić information content (AvgIpc) is 2.42. The molecular formula is C14H22N2O3S. The molecule has 1 fully saturated rings. The zero-order valence-electron chi connectivity index (χ0n) is 11.9. The number of aliphatic hydroxyl groups excluding tert-OH is 1. The maximum atomic E-state index is 12.0. The van der Waals surface area contributed by atoms with Gasteiger partial charge in [-0.15, -0.1) is 0 Å². The molecule has 1 aliphatic rings. The van der Waals surface area contributed by atoms with Crippen molar-refractivity contribution in [1.29, 1.82) is 0 Å². The van der Waals surface area contributed by atoms with Gasteiger partial charge in [-0.25, -0.2) is 12.7 Å². The number of nitrogens with one attached hydrogen (secondary N) is 1. The van der Waals surface area contributed by atoms with Crippen LogP contribution in [0.1, 0.15) is 25.7 Å². The smallest absolute Gasteiger partial charge is 0.242 e. The minimum absolute atomic E-state index is 0.0556. The van der Waals surface area contributed by atoms with Crippen LogP contribution in [-0.4, -0.2) is 44.1 Å². The summed E-state index contributed by atoms with van der Waals surface area (Å²) >= 11 is 0. The van der Waals surface area contributed by atoms with Gasteiger partial charge in [-0.1, -0.05) is 12.8 Å². The normalized spacial score (nSPS) is 23.8. The van der Waals surface area contributed by atoms with Gasteiger partial charge in [0.1, 0.15) is 0 Å². The minimum atomic E-state index is -3.38. The Hall–Kier alpha value is -1.11. The molecule has 2 N–H and O–H groups in total. The molecule has 1 aliphatic carbocycles. The fraction of sp³-hybridized carbons (Fsp3) is 0.571. The topological polar surface area (TPSA) is 69.6 Å². The summed E-state index contributed by atoms with van der Waals surface area (Å²) in [5, 5.41) is 13.2. The predicted molar refractivity (Wildman–Crippen MR) is 79.2 cm³/mol. The van der Waals surface area contributed by atoms with Gasteiger partial charge in [0, 0.05) is 19.8 Å². The van der Waals surface area contributed by atoms with Crippen molar-refractivity contribution in [2.75, 3.05) is 19.4 Å². The number of hydrogen-bond acceptors (Lipinski definition) is 4. The fourth-order valence-electron chi connectivity index (χ4n) is 2.43. The molecule has 0 radical (unpaired) electrons. The van der Waals surface area contributed by atoms with E-state index in [2.05, 4.69) is 5.32 Å². The van der Waals surface area contributed by atoms with Crippen molar-refractivity contribution in [1.82, 2.24) is 4.31 Å². The molecule has 2 atom stereocenters. The Kier molecular flexibility index (Phi) is 4.67. The van der Waals surface area contributed by atoms with E-state index in [-0.39, 0.29) is 17.0 Å². The number of hydrogen-bond donors (Lipinski definition) is 2. The molecule has 0 heterocycles. The van der Waals surface area contributed by atoms with Crippen molar-refractivity contribution in [3.05, 3.63) is 24.3 Å². The summed E-state index contributed by atoms with van der Waals surface area (Å²) in [5.74, 6) is 0. The van der Waals surface area contributed by atoms with Crippen molar-refractivity contribution < 1.29 is 13.5 Å². The van der Waals surface area contributed by atoms with Gasteiger partial charge in [-0.3, -0.25) is 0 Å². The lowest BCUT2D eigenvalue weighted by Crippen LogP contribution is -2.36. The maximum Gasteiger partial charge on any atom is 0.242 e. The first-order valence-electron chi connectivity index (χ1n) is 6.88. The van der Waals surface area contributed by atoms with Crippen LogP contribution in [0.2, 0.25) is 0 Å². The third-order valence-electron chi connectivity index (χ3n) is 3.71. The highest BCUT2D eigenvalue weighted by Gasteiger charge is 2.23. The number of rotatable bonds is 4. The Morgan fingerprint density at radius 2 is 1.75 bits per heavy atom.